The molecule has 3 rings (SSSR count). The second-order valence-corrected chi connectivity index (χ2v) is 7.71. The number of hydrogen-bond donors (Lipinski definition) is 0. The quantitative estimate of drug-likeness (QED) is 0.247. The van der Waals surface area contributed by atoms with Gasteiger partial charge in [0.25, 0.3) is 0 Å². The molecule has 0 spiro atoms. The molecule has 172 valence electrons. The van der Waals surface area contributed by atoms with Gasteiger partial charge in [-0.3, -0.25) is 4.79 Å². The summed E-state index contributed by atoms with van der Waals surface area (Å²) in [5.74, 6) is 1.10. The maximum atomic E-state index is 12.4. The van der Waals surface area contributed by atoms with Crippen molar-refractivity contribution in [2.75, 3.05) is 7.11 Å². The Hall–Kier alpha value is -3.38. The number of carbonyl (C=O) groups is 1. The third kappa shape index (κ3) is 6.56. The summed E-state index contributed by atoms with van der Waals surface area (Å²) in [6.07, 6.45) is 3.09. The van der Waals surface area contributed by atoms with Crippen LogP contribution in [0.2, 0.25) is 5.02 Å². The highest BCUT2D eigenvalue weighted by atomic mass is 35.5. The first-order valence-corrected chi connectivity index (χ1v) is 10.5. The Balaban J connectivity index is 1.72. The molecule has 4 nitrogen and oxygen atoms in total. The first-order chi connectivity index (χ1) is 15.8. The lowest BCUT2D eigenvalue weighted by atomic mass is 10.1. The summed E-state index contributed by atoms with van der Waals surface area (Å²) in [5.41, 5.74) is 3.82. The maximum absolute atomic E-state index is 12.4. The number of aryl methyl sites for hydroxylation is 2. The number of ether oxygens (including phenoxy) is 3. The van der Waals surface area contributed by atoms with Crippen LogP contribution in [0.25, 0.3) is 6.08 Å². The molecule has 0 fully saturated rings. The molecule has 0 saturated carbocycles. The average molecular weight is 473 g/mol. The predicted molar refractivity (Wildman–Crippen MR) is 125 cm³/mol. The van der Waals surface area contributed by atoms with Gasteiger partial charge in [-0.25, -0.2) is 0 Å². The van der Waals surface area contributed by atoms with Gasteiger partial charge in [-0.15, -0.1) is 0 Å². The normalized spacial score (nSPS) is 11.1. The largest absolute Gasteiger partial charge is 0.496 e. The summed E-state index contributed by atoms with van der Waals surface area (Å²) in [4.78, 5) is 12.4. The Morgan fingerprint density at radius 3 is 2.27 bits per heavy atom. The van der Waals surface area contributed by atoms with Gasteiger partial charge in [-0.05, 0) is 85.1 Å². The van der Waals surface area contributed by atoms with Crippen molar-refractivity contribution in [2.24, 2.45) is 0 Å². The summed E-state index contributed by atoms with van der Waals surface area (Å²) in [6, 6.07) is 14.8. The zero-order valence-electron chi connectivity index (χ0n) is 18.4. The topological polar surface area (TPSA) is 44.8 Å². The molecule has 0 amide bonds. The number of alkyl halides is 2. The van der Waals surface area contributed by atoms with Crippen molar-refractivity contribution in [1.82, 2.24) is 0 Å². The summed E-state index contributed by atoms with van der Waals surface area (Å²) in [7, 11) is 1.58. The predicted octanol–water partition coefficient (Wildman–Crippen LogP) is 7.04. The molecule has 0 unspecified atom stereocenters. The second-order valence-electron chi connectivity index (χ2n) is 7.33. The summed E-state index contributed by atoms with van der Waals surface area (Å²) in [6.45, 7) is 1.20. The number of hydrogen-bond acceptors (Lipinski definition) is 4. The Morgan fingerprint density at radius 1 is 1.00 bits per heavy atom. The molecule has 3 aromatic rings. The van der Waals surface area contributed by atoms with Crippen LogP contribution in [0.5, 0.6) is 17.2 Å². The lowest BCUT2D eigenvalue weighted by Crippen LogP contribution is -2.02. The molecule has 0 aliphatic heterocycles. The molecular weight excluding hydrogens is 450 g/mol. The second kappa shape index (κ2) is 11.0. The fourth-order valence-corrected chi connectivity index (χ4v) is 3.34. The van der Waals surface area contributed by atoms with Crippen LogP contribution in [-0.4, -0.2) is 19.5 Å². The molecule has 0 bridgehead atoms. The first-order valence-electron chi connectivity index (χ1n) is 10.1. The van der Waals surface area contributed by atoms with Crippen molar-refractivity contribution in [1.29, 1.82) is 0 Å². The van der Waals surface area contributed by atoms with E-state index in [1.165, 1.54) is 30.3 Å². The van der Waals surface area contributed by atoms with Crippen LogP contribution >= 0.6 is 11.6 Å². The van der Waals surface area contributed by atoms with Crippen LogP contribution in [0.15, 0.2) is 60.7 Å². The van der Waals surface area contributed by atoms with Gasteiger partial charge in [-0.1, -0.05) is 23.7 Å². The van der Waals surface area contributed by atoms with E-state index in [4.69, 9.17) is 21.1 Å². The van der Waals surface area contributed by atoms with Crippen LogP contribution in [0.3, 0.4) is 0 Å². The van der Waals surface area contributed by atoms with E-state index >= 15 is 0 Å². The van der Waals surface area contributed by atoms with E-state index in [-0.39, 0.29) is 18.1 Å². The number of rotatable bonds is 9. The average Bonchev–Trinajstić information content (AvgIpc) is 2.79. The molecule has 7 heteroatoms. The van der Waals surface area contributed by atoms with Crippen LogP contribution in [0.1, 0.15) is 32.6 Å². The first kappa shape index (κ1) is 24.3. The lowest BCUT2D eigenvalue weighted by Gasteiger charge is -2.13. The van der Waals surface area contributed by atoms with E-state index in [9.17, 15) is 13.6 Å². The smallest absolute Gasteiger partial charge is 0.387 e. The molecule has 33 heavy (non-hydrogen) atoms. The molecule has 0 aliphatic carbocycles. The number of methoxy groups -OCH3 is 1. The van der Waals surface area contributed by atoms with Crippen molar-refractivity contribution >= 4 is 23.5 Å². The minimum atomic E-state index is -2.91. The Labute approximate surface area is 196 Å². The third-order valence-corrected chi connectivity index (χ3v) is 5.50. The van der Waals surface area contributed by atoms with Gasteiger partial charge < -0.3 is 14.2 Å². The number of benzene rings is 3. The van der Waals surface area contributed by atoms with E-state index in [1.807, 2.05) is 38.1 Å². The number of carbonyl (C=O) groups excluding carboxylic acids is 1. The van der Waals surface area contributed by atoms with E-state index in [1.54, 1.807) is 19.3 Å². The summed E-state index contributed by atoms with van der Waals surface area (Å²) < 4.78 is 40.2. The third-order valence-electron chi connectivity index (χ3n) is 4.90. The van der Waals surface area contributed by atoms with Crippen molar-refractivity contribution in [3.05, 3.63) is 93.5 Å². The van der Waals surface area contributed by atoms with E-state index in [2.05, 4.69) is 4.74 Å². The van der Waals surface area contributed by atoms with Gasteiger partial charge in [0, 0.05) is 16.1 Å². The Kier molecular flexibility index (Phi) is 8.06. The van der Waals surface area contributed by atoms with Gasteiger partial charge in [0.2, 0.25) is 0 Å². The zero-order valence-corrected chi connectivity index (χ0v) is 19.2. The highest BCUT2D eigenvalue weighted by molar-refractivity contribution is 6.32. The molecule has 0 N–H and O–H groups in total. The molecule has 0 heterocycles. The fourth-order valence-electron chi connectivity index (χ4n) is 3.23. The van der Waals surface area contributed by atoms with Crippen LogP contribution in [0, 0.1) is 13.8 Å². The molecule has 3 aromatic carbocycles. The van der Waals surface area contributed by atoms with Gasteiger partial charge >= 0.3 is 6.61 Å². The highest BCUT2D eigenvalue weighted by Crippen LogP contribution is 2.28. The highest BCUT2D eigenvalue weighted by Gasteiger charge is 2.09. The number of ketones is 1. The standard InChI is InChI=1S/C26H23ClF2O4/c1-16-12-22(13-17(2)25(16)27)32-15-20-14-18(5-11-24(20)31-3)4-10-23(30)19-6-8-21(9-7-19)33-26(28)29/h4-14,26H,15H2,1-3H3/b10-4+. The van der Waals surface area contributed by atoms with Crippen LogP contribution < -0.4 is 14.2 Å². The van der Waals surface area contributed by atoms with Crippen LogP contribution in [-0.2, 0) is 6.61 Å². The maximum Gasteiger partial charge on any atom is 0.387 e. The molecule has 0 atom stereocenters. The number of allylic oxidation sites excluding steroid dienone is 1. The minimum Gasteiger partial charge on any atom is -0.496 e. The van der Waals surface area contributed by atoms with Gasteiger partial charge in [0.1, 0.15) is 23.9 Å². The van der Waals surface area contributed by atoms with Gasteiger partial charge in [-0.2, -0.15) is 8.78 Å². The molecule has 0 saturated heterocycles. The van der Waals surface area contributed by atoms with Gasteiger partial charge in [0.05, 0.1) is 7.11 Å². The molecule has 0 aliphatic rings. The zero-order chi connectivity index (χ0) is 24.0. The van der Waals surface area contributed by atoms with E-state index in [0.717, 1.165) is 22.3 Å². The fraction of sp³-hybridized carbons (Fsp3) is 0.192. The lowest BCUT2D eigenvalue weighted by molar-refractivity contribution is -0.0498. The van der Waals surface area contributed by atoms with Crippen molar-refractivity contribution < 1.29 is 27.8 Å². The minimum absolute atomic E-state index is 0.00333. The monoisotopic (exact) mass is 472 g/mol. The Morgan fingerprint density at radius 2 is 1.67 bits per heavy atom. The molecular formula is C26H23ClF2O4. The van der Waals surface area contributed by atoms with Gasteiger partial charge in [0.15, 0.2) is 5.78 Å². The number of halogens is 3. The van der Waals surface area contributed by atoms with E-state index < -0.39 is 6.61 Å². The van der Waals surface area contributed by atoms with Crippen molar-refractivity contribution in [2.45, 2.75) is 27.1 Å². The summed E-state index contributed by atoms with van der Waals surface area (Å²) >= 11 is 6.22. The molecule has 0 radical (unpaired) electrons. The Bertz CT molecular complexity index is 1130. The SMILES string of the molecule is COc1ccc(/C=C/C(=O)c2ccc(OC(F)F)cc2)cc1COc1cc(C)c(Cl)c(C)c1. The van der Waals surface area contributed by atoms with Crippen molar-refractivity contribution in [3.8, 4) is 17.2 Å². The summed E-state index contributed by atoms with van der Waals surface area (Å²) in [5, 5.41) is 0.716. The van der Waals surface area contributed by atoms with Crippen LogP contribution in [0.4, 0.5) is 8.78 Å². The molecule has 0 aromatic heterocycles. The van der Waals surface area contributed by atoms with Crippen molar-refractivity contribution in [3.63, 3.8) is 0 Å². The van der Waals surface area contributed by atoms with E-state index in [0.29, 0.717) is 22.1 Å².